The third-order valence-electron chi connectivity index (χ3n) is 5.41. The molecule has 3 aromatic rings. The molecule has 0 radical (unpaired) electrons. The van der Waals surface area contributed by atoms with Gasteiger partial charge in [-0.1, -0.05) is 54.6 Å². The number of amides is 2. The Kier molecular flexibility index (Phi) is 5.17. The van der Waals surface area contributed by atoms with Gasteiger partial charge < -0.3 is 10.2 Å². The van der Waals surface area contributed by atoms with Gasteiger partial charge in [-0.15, -0.1) is 0 Å². The van der Waals surface area contributed by atoms with Gasteiger partial charge in [-0.3, -0.25) is 9.59 Å². The zero-order valence-corrected chi connectivity index (χ0v) is 16.7. The number of rotatable bonds is 4. The number of benzene rings is 3. The third-order valence-corrected chi connectivity index (χ3v) is 5.41. The van der Waals surface area contributed by atoms with Gasteiger partial charge in [0.2, 0.25) is 11.8 Å². The molecule has 1 atom stereocenters. The Labute approximate surface area is 171 Å². The summed E-state index contributed by atoms with van der Waals surface area (Å²) in [6, 6.07) is 24.0. The maximum absolute atomic E-state index is 12.8. The van der Waals surface area contributed by atoms with Crippen LogP contribution in [0.15, 0.2) is 72.8 Å². The molecule has 1 saturated heterocycles. The van der Waals surface area contributed by atoms with E-state index in [0.717, 1.165) is 33.6 Å². The van der Waals surface area contributed by atoms with Gasteiger partial charge in [0.25, 0.3) is 0 Å². The number of hydrogen-bond donors (Lipinski definition) is 1. The van der Waals surface area contributed by atoms with Crippen LogP contribution >= 0.6 is 0 Å². The highest BCUT2D eigenvalue weighted by atomic mass is 16.2. The molecule has 1 N–H and O–H groups in total. The Balaban J connectivity index is 1.44. The summed E-state index contributed by atoms with van der Waals surface area (Å²) in [5.41, 5.74) is 6.02. The Morgan fingerprint density at radius 2 is 1.62 bits per heavy atom. The molecule has 0 aliphatic carbocycles. The zero-order chi connectivity index (χ0) is 20.4. The average Bonchev–Trinajstić information content (AvgIpc) is 3.13. The number of hydrogen-bond acceptors (Lipinski definition) is 2. The van der Waals surface area contributed by atoms with Crippen LogP contribution in [0.5, 0.6) is 0 Å². The maximum atomic E-state index is 12.8. The molecule has 0 spiro atoms. The van der Waals surface area contributed by atoms with E-state index in [1.54, 1.807) is 4.90 Å². The fraction of sp³-hybridized carbons (Fsp3) is 0.200. The summed E-state index contributed by atoms with van der Waals surface area (Å²) in [6.45, 7) is 4.41. The molecule has 4 nitrogen and oxygen atoms in total. The lowest BCUT2D eigenvalue weighted by molar-refractivity contribution is -0.122. The van der Waals surface area contributed by atoms with Crippen molar-refractivity contribution in [2.75, 3.05) is 16.8 Å². The van der Waals surface area contributed by atoms with Gasteiger partial charge in [-0.2, -0.15) is 0 Å². The highest BCUT2D eigenvalue weighted by Crippen LogP contribution is 2.29. The predicted molar refractivity (Wildman–Crippen MR) is 117 cm³/mol. The van der Waals surface area contributed by atoms with Gasteiger partial charge in [-0.25, -0.2) is 0 Å². The van der Waals surface area contributed by atoms with Gasteiger partial charge in [-0.05, 0) is 54.3 Å². The lowest BCUT2D eigenvalue weighted by atomic mass is 10.0. The largest absolute Gasteiger partial charge is 0.326 e. The van der Waals surface area contributed by atoms with Crippen molar-refractivity contribution >= 4 is 23.2 Å². The third kappa shape index (κ3) is 4.06. The average molecular weight is 384 g/mol. The van der Waals surface area contributed by atoms with E-state index in [0.29, 0.717) is 6.54 Å². The Morgan fingerprint density at radius 3 is 2.34 bits per heavy atom. The van der Waals surface area contributed by atoms with Crippen molar-refractivity contribution in [3.8, 4) is 11.1 Å². The summed E-state index contributed by atoms with van der Waals surface area (Å²) in [5, 5.41) is 2.96. The first-order chi connectivity index (χ1) is 14.0. The minimum atomic E-state index is -0.351. The zero-order valence-electron chi connectivity index (χ0n) is 16.7. The summed E-state index contributed by atoms with van der Waals surface area (Å²) in [7, 11) is 0. The van der Waals surface area contributed by atoms with Crippen molar-refractivity contribution < 1.29 is 9.59 Å². The molecular weight excluding hydrogens is 360 g/mol. The number of carbonyl (C=O) groups excluding carboxylic acids is 2. The SMILES string of the molecule is Cc1ccc(C)c(N2CC(C(=O)Nc3ccc(-c4ccccc4)cc3)CC2=O)c1. The van der Waals surface area contributed by atoms with Gasteiger partial charge >= 0.3 is 0 Å². The van der Waals surface area contributed by atoms with Crippen molar-refractivity contribution in [3.63, 3.8) is 0 Å². The summed E-state index contributed by atoms with van der Waals surface area (Å²) < 4.78 is 0. The first-order valence-corrected chi connectivity index (χ1v) is 9.85. The second-order valence-corrected chi connectivity index (χ2v) is 7.63. The van der Waals surface area contributed by atoms with Crippen LogP contribution in [0.1, 0.15) is 17.5 Å². The fourth-order valence-corrected chi connectivity index (χ4v) is 3.75. The van der Waals surface area contributed by atoms with Crippen LogP contribution in [0, 0.1) is 19.8 Å². The molecule has 0 saturated carbocycles. The molecule has 3 aromatic carbocycles. The molecule has 146 valence electrons. The molecule has 4 heteroatoms. The first kappa shape index (κ1) is 18.9. The maximum Gasteiger partial charge on any atom is 0.229 e. The highest BCUT2D eigenvalue weighted by Gasteiger charge is 2.35. The van der Waals surface area contributed by atoms with E-state index in [-0.39, 0.29) is 24.2 Å². The second kappa shape index (κ2) is 7.92. The molecule has 2 amide bonds. The number of nitrogens with one attached hydrogen (secondary N) is 1. The number of aryl methyl sites for hydroxylation is 2. The lowest BCUT2D eigenvalue weighted by Crippen LogP contribution is -2.28. The minimum absolute atomic E-state index is 0.00160. The fourth-order valence-electron chi connectivity index (χ4n) is 3.75. The molecule has 0 bridgehead atoms. The van der Waals surface area contributed by atoms with E-state index in [4.69, 9.17) is 0 Å². The van der Waals surface area contributed by atoms with Gasteiger partial charge in [0.15, 0.2) is 0 Å². The monoisotopic (exact) mass is 384 g/mol. The molecule has 1 aliphatic rings. The first-order valence-electron chi connectivity index (χ1n) is 9.85. The molecule has 0 aromatic heterocycles. The number of anilines is 2. The number of carbonyl (C=O) groups is 2. The molecule has 1 fully saturated rings. The van der Waals surface area contributed by atoms with Crippen molar-refractivity contribution in [2.45, 2.75) is 20.3 Å². The van der Waals surface area contributed by atoms with Crippen LogP contribution in [-0.4, -0.2) is 18.4 Å². The quantitative estimate of drug-likeness (QED) is 0.691. The van der Waals surface area contributed by atoms with Crippen LogP contribution in [0.4, 0.5) is 11.4 Å². The van der Waals surface area contributed by atoms with E-state index in [1.165, 1.54) is 0 Å². The molecular formula is C25H24N2O2. The lowest BCUT2D eigenvalue weighted by Gasteiger charge is -2.19. The van der Waals surface area contributed by atoms with Crippen molar-refractivity contribution in [3.05, 3.63) is 83.9 Å². The van der Waals surface area contributed by atoms with Crippen LogP contribution in [0.25, 0.3) is 11.1 Å². The summed E-state index contributed by atoms with van der Waals surface area (Å²) in [4.78, 5) is 27.0. The molecule has 1 aliphatic heterocycles. The van der Waals surface area contributed by atoms with Crippen LogP contribution in [-0.2, 0) is 9.59 Å². The van der Waals surface area contributed by atoms with Crippen molar-refractivity contribution in [2.24, 2.45) is 5.92 Å². The smallest absolute Gasteiger partial charge is 0.229 e. The van der Waals surface area contributed by atoms with E-state index >= 15 is 0 Å². The highest BCUT2D eigenvalue weighted by molar-refractivity contribution is 6.04. The van der Waals surface area contributed by atoms with E-state index in [1.807, 2.05) is 74.5 Å². The minimum Gasteiger partial charge on any atom is -0.326 e. The van der Waals surface area contributed by atoms with E-state index in [2.05, 4.69) is 17.4 Å². The normalized spacial score (nSPS) is 16.1. The van der Waals surface area contributed by atoms with Crippen LogP contribution in [0.2, 0.25) is 0 Å². The van der Waals surface area contributed by atoms with Gasteiger partial charge in [0, 0.05) is 24.3 Å². The number of nitrogens with zero attached hydrogens (tertiary/aromatic N) is 1. The van der Waals surface area contributed by atoms with Crippen molar-refractivity contribution in [1.29, 1.82) is 0 Å². The van der Waals surface area contributed by atoms with Gasteiger partial charge in [0.05, 0.1) is 5.92 Å². The molecule has 29 heavy (non-hydrogen) atoms. The summed E-state index contributed by atoms with van der Waals surface area (Å²) in [5.74, 6) is -0.465. The molecule has 1 heterocycles. The van der Waals surface area contributed by atoms with E-state index in [9.17, 15) is 9.59 Å². The Morgan fingerprint density at radius 1 is 0.931 bits per heavy atom. The Hall–Kier alpha value is -3.40. The Bertz CT molecular complexity index is 1040. The predicted octanol–water partition coefficient (Wildman–Crippen LogP) is 4.96. The standard InChI is InChI=1S/C25H24N2O2/c1-17-8-9-18(2)23(14-17)27-16-21(15-24(27)28)25(29)26-22-12-10-20(11-13-22)19-6-4-3-5-7-19/h3-14,21H,15-16H2,1-2H3,(H,26,29). The summed E-state index contributed by atoms with van der Waals surface area (Å²) in [6.07, 6.45) is 0.237. The second-order valence-electron chi connectivity index (χ2n) is 7.63. The van der Waals surface area contributed by atoms with Gasteiger partial charge in [0.1, 0.15) is 0 Å². The van der Waals surface area contributed by atoms with E-state index < -0.39 is 0 Å². The van der Waals surface area contributed by atoms with Crippen LogP contribution < -0.4 is 10.2 Å². The van der Waals surface area contributed by atoms with Crippen LogP contribution in [0.3, 0.4) is 0 Å². The van der Waals surface area contributed by atoms with Crippen molar-refractivity contribution in [1.82, 2.24) is 0 Å². The molecule has 4 rings (SSSR count). The summed E-state index contributed by atoms with van der Waals surface area (Å²) >= 11 is 0. The molecule has 1 unspecified atom stereocenters. The topological polar surface area (TPSA) is 49.4 Å².